The fourth-order valence-electron chi connectivity index (χ4n) is 11.6. The number of benzene rings is 10. The van der Waals surface area contributed by atoms with Crippen molar-refractivity contribution in [2.75, 3.05) is 0 Å². The molecule has 0 spiro atoms. The first-order valence-electron chi connectivity index (χ1n) is 25.6. The minimum Gasteiger partial charge on any atom is -0.313 e. The molecule has 5 nitrogen and oxygen atoms in total. The van der Waals surface area contributed by atoms with Crippen molar-refractivity contribution < 1.29 is 0 Å². The SMILES string of the molecule is C1=CCCC(n2c3ccccc3c3c(-c4cccc5c4c4ccccc4n5-c4cc(-c5ccccc5)ccc4-c4nc(-c5cccc(-c6ccccc6)c5)nc(-c5ccc6c(c5)sc5ccccc56)n4)cccc32)=C1. The molecule has 10 aromatic carbocycles. The number of fused-ring (bicyclic) bond motifs is 9. The topological polar surface area (TPSA) is 48.5 Å². The molecule has 0 amide bonds. The molecule has 4 aromatic heterocycles. The van der Waals surface area contributed by atoms with Gasteiger partial charge in [-0.1, -0.05) is 188 Å². The Balaban J connectivity index is 0.991. The highest BCUT2D eigenvalue weighted by atomic mass is 32.1. The zero-order valence-electron chi connectivity index (χ0n) is 40.7. The summed E-state index contributed by atoms with van der Waals surface area (Å²) >= 11 is 1.80. The van der Waals surface area contributed by atoms with E-state index in [1.54, 1.807) is 11.3 Å². The van der Waals surface area contributed by atoms with E-state index in [-0.39, 0.29) is 0 Å². The molecule has 0 saturated heterocycles. The van der Waals surface area contributed by atoms with Crippen LogP contribution in [0.2, 0.25) is 0 Å². The lowest BCUT2D eigenvalue weighted by molar-refractivity contribution is 0.979. The Morgan fingerprint density at radius 1 is 0.347 bits per heavy atom. The summed E-state index contributed by atoms with van der Waals surface area (Å²) in [5.41, 5.74) is 16.5. The Morgan fingerprint density at radius 3 is 1.56 bits per heavy atom. The number of hydrogen-bond acceptors (Lipinski definition) is 4. The molecule has 0 radical (unpaired) electrons. The van der Waals surface area contributed by atoms with Gasteiger partial charge in [-0.2, -0.15) is 0 Å². The van der Waals surface area contributed by atoms with Crippen molar-refractivity contribution >= 4 is 80.8 Å². The summed E-state index contributed by atoms with van der Waals surface area (Å²) in [5, 5.41) is 7.37. The van der Waals surface area contributed by atoms with Gasteiger partial charge in [-0.05, 0) is 107 Å². The second-order valence-electron chi connectivity index (χ2n) is 19.4. The Kier molecular flexibility index (Phi) is 10.1. The first-order valence-corrected chi connectivity index (χ1v) is 26.5. The van der Waals surface area contributed by atoms with Gasteiger partial charge in [0.25, 0.3) is 0 Å². The standard InChI is InChI=1S/C69H45N5S/c1-4-19-44(20-5-1)46-23-16-24-48(41-46)67-70-68(49-38-39-52-51-27-12-15-36-63(51)75-64(52)43-49)72-69(71-67)57-40-37-47(45-21-6-2-7-22-45)42-62(57)74-59-33-14-11-29-56(59)66-54(31-18-35-61(66)74)53-30-17-34-60-65(53)55-28-10-13-32-58(55)73(60)50-25-8-3-9-26-50/h1-8,10-25,27-43H,9,26H2. The van der Waals surface area contributed by atoms with Crippen LogP contribution in [0.5, 0.6) is 0 Å². The molecule has 4 heterocycles. The van der Waals surface area contributed by atoms with Gasteiger partial charge in [0, 0.05) is 64.1 Å². The van der Waals surface area contributed by atoms with Gasteiger partial charge in [0.05, 0.1) is 27.8 Å². The van der Waals surface area contributed by atoms with Gasteiger partial charge in [0.15, 0.2) is 17.5 Å². The second-order valence-corrected chi connectivity index (χ2v) is 20.5. The van der Waals surface area contributed by atoms with E-state index in [0.29, 0.717) is 17.5 Å². The number of allylic oxidation sites excluding steroid dienone is 4. The summed E-state index contributed by atoms with van der Waals surface area (Å²) in [7, 11) is 0. The molecule has 0 aliphatic heterocycles. The van der Waals surface area contributed by atoms with E-state index in [4.69, 9.17) is 15.0 Å². The van der Waals surface area contributed by atoms with Crippen LogP contribution in [-0.2, 0) is 0 Å². The van der Waals surface area contributed by atoms with E-state index in [1.807, 2.05) is 0 Å². The molecule has 1 aliphatic rings. The average molecular weight is 976 g/mol. The van der Waals surface area contributed by atoms with Crippen LogP contribution in [-0.4, -0.2) is 24.1 Å². The third kappa shape index (κ3) is 7.17. The zero-order valence-corrected chi connectivity index (χ0v) is 41.5. The highest BCUT2D eigenvalue weighted by Crippen LogP contribution is 2.46. The third-order valence-corrected chi connectivity index (χ3v) is 16.2. The van der Waals surface area contributed by atoms with Gasteiger partial charge in [-0.25, -0.2) is 15.0 Å². The van der Waals surface area contributed by atoms with Gasteiger partial charge in [-0.3, -0.25) is 0 Å². The van der Waals surface area contributed by atoms with Crippen LogP contribution in [0.1, 0.15) is 12.8 Å². The summed E-state index contributed by atoms with van der Waals surface area (Å²) in [4.78, 5) is 16.3. The Labute approximate surface area is 437 Å². The van der Waals surface area contributed by atoms with Crippen LogP contribution in [0.3, 0.4) is 0 Å². The molecule has 1 aliphatic carbocycles. The van der Waals surface area contributed by atoms with Crippen LogP contribution < -0.4 is 0 Å². The van der Waals surface area contributed by atoms with Gasteiger partial charge in [0.1, 0.15) is 0 Å². The van der Waals surface area contributed by atoms with Gasteiger partial charge in [-0.15, -0.1) is 11.3 Å². The number of para-hydroxylation sites is 2. The molecule has 6 heteroatoms. The van der Waals surface area contributed by atoms with Gasteiger partial charge >= 0.3 is 0 Å². The number of nitrogens with zero attached hydrogens (tertiary/aromatic N) is 5. The normalized spacial score (nSPS) is 12.7. The number of rotatable bonds is 8. The van der Waals surface area contributed by atoms with Crippen LogP contribution in [0.25, 0.3) is 143 Å². The van der Waals surface area contributed by atoms with Crippen molar-refractivity contribution in [2.45, 2.75) is 12.8 Å². The van der Waals surface area contributed by atoms with Crippen LogP contribution in [0.4, 0.5) is 0 Å². The summed E-state index contributed by atoms with van der Waals surface area (Å²) in [6.45, 7) is 0. The number of hydrogen-bond donors (Lipinski definition) is 0. The molecule has 14 aromatic rings. The quantitative estimate of drug-likeness (QED) is 0.152. The van der Waals surface area contributed by atoms with E-state index in [9.17, 15) is 0 Å². The number of thiophene rings is 1. The summed E-state index contributed by atoms with van der Waals surface area (Å²) in [6, 6.07) is 83.1. The Morgan fingerprint density at radius 2 is 0.867 bits per heavy atom. The maximum absolute atomic E-state index is 5.50. The van der Waals surface area contributed by atoms with Crippen LogP contribution in [0, 0.1) is 0 Å². The average Bonchev–Trinajstić information content (AvgIpc) is 4.15. The summed E-state index contributed by atoms with van der Waals surface area (Å²) in [5.74, 6) is 1.83. The first kappa shape index (κ1) is 43.1. The number of aromatic nitrogens is 5. The lowest BCUT2D eigenvalue weighted by Crippen LogP contribution is -2.04. The predicted molar refractivity (Wildman–Crippen MR) is 315 cm³/mol. The lowest BCUT2D eigenvalue weighted by atomic mass is 9.95. The predicted octanol–water partition coefficient (Wildman–Crippen LogP) is 18.6. The zero-order chi connectivity index (χ0) is 49.4. The summed E-state index contributed by atoms with van der Waals surface area (Å²) in [6.07, 6.45) is 8.77. The molecule has 15 rings (SSSR count). The maximum Gasteiger partial charge on any atom is 0.166 e. The molecule has 0 atom stereocenters. The molecular formula is C69H45N5S. The lowest BCUT2D eigenvalue weighted by Gasteiger charge is -2.17. The van der Waals surface area contributed by atoms with Gasteiger partial charge < -0.3 is 9.13 Å². The van der Waals surface area contributed by atoms with E-state index >= 15 is 0 Å². The van der Waals surface area contributed by atoms with Crippen molar-refractivity contribution in [1.29, 1.82) is 0 Å². The second kappa shape index (κ2) is 17.6. The largest absolute Gasteiger partial charge is 0.313 e. The van der Waals surface area contributed by atoms with Crippen molar-refractivity contribution in [3.05, 3.63) is 249 Å². The summed E-state index contributed by atoms with van der Waals surface area (Å²) < 4.78 is 7.38. The molecule has 0 N–H and O–H groups in total. The molecule has 0 unspecified atom stereocenters. The molecule has 0 saturated carbocycles. The smallest absolute Gasteiger partial charge is 0.166 e. The molecule has 75 heavy (non-hydrogen) atoms. The van der Waals surface area contributed by atoms with Gasteiger partial charge in [0.2, 0.25) is 0 Å². The third-order valence-electron chi connectivity index (χ3n) is 15.1. The molecule has 352 valence electrons. The van der Waals surface area contributed by atoms with E-state index in [2.05, 4.69) is 258 Å². The maximum atomic E-state index is 5.50. The van der Waals surface area contributed by atoms with E-state index in [1.165, 1.54) is 69.6 Å². The van der Waals surface area contributed by atoms with Crippen molar-refractivity contribution in [3.63, 3.8) is 0 Å². The molecule has 0 bridgehead atoms. The molecule has 0 fully saturated rings. The molecular weight excluding hydrogens is 931 g/mol. The van der Waals surface area contributed by atoms with Crippen LogP contribution in [0.15, 0.2) is 249 Å². The van der Waals surface area contributed by atoms with E-state index in [0.717, 1.165) is 68.5 Å². The van der Waals surface area contributed by atoms with Crippen molar-refractivity contribution in [3.8, 4) is 73.2 Å². The first-order chi connectivity index (χ1) is 37.2. The highest BCUT2D eigenvalue weighted by molar-refractivity contribution is 7.25. The highest BCUT2D eigenvalue weighted by Gasteiger charge is 2.24. The minimum absolute atomic E-state index is 0.595. The van der Waals surface area contributed by atoms with Crippen LogP contribution >= 0.6 is 11.3 Å². The monoisotopic (exact) mass is 975 g/mol. The Bertz CT molecular complexity index is 4650. The van der Waals surface area contributed by atoms with Crippen molar-refractivity contribution in [2.24, 2.45) is 0 Å². The fourth-order valence-corrected chi connectivity index (χ4v) is 12.8. The van der Waals surface area contributed by atoms with E-state index < -0.39 is 0 Å². The minimum atomic E-state index is 0.595. The van der Waals surface area contributed by atoms with Crippen molar-refractivity contribution in [1.82, 2.24) is 24.1 Å². The Hall–Kier alpha value is -9.49. The fraction of sp³-hybridized carbons (Fsp3) is 0.0290.